The van der Waals surface area contributed by atoms with Crippen LogP contribution in [0.1, 0.15) is 30.2 Å². The molecule has 0 bridgehead atoms. The first-order valence-electron chi connectivity index (χ1n) is 10.8. The molecule has 0 aliphatic carbocycles. The summed E-state index contributed by atoms with van der Waals surface area (Å²) in [4.78, 5) is 39.8. The summed E-state index contributed by atoms with van der Waals surface area (Å²) in [6, 6.07) is 11.2. The number of sulfonamides is 1. The SMILES string of the molecule is CC1=C(CC(=O)NCc2ccc(NC(=O)O)nc2C)C(=O)NCC1NS(=O)(=O)Cc1ccccc1. The van der Waals surface area contributed by atoms with Crippen molar-refractivity contribution in [1.82, 2.24) is 20.3 Å². The van der Waals surface area contributed by atoms with E-state index in [0.29, 0.717) is 22.4 Å². The summed E-state index contributed by atoms with van der Waals surface area (Å²) >= 11 is 0. The average molecular weight is 502 g/mol. The van der Waals surface area contributed by atoms with Crippen LogP contribution in [0.4, 0.5) is 10.6 Å². The number of pyridine rings is 1. The highest BCUT2D eigenvalue weighted by Crippen LogP contribution is 2.19. The van der Waals surface area contributed by atoms with Gasteiger partial charge in [-0.2, -0.15) is 0 Å². The van der Waals surface area contributed by atoms with Crippen molar-refractivity contribution in [2.24, 2.45) is 0 Å². The summed E-state index contributed by atoms with van der Waals surface area (Å²) in [5.74, 6) is -0.867. The molecule has 186 valence electrons. The Morgan fingerprint density at radius 1 is 1.14 bits per heavy atom. The van der Waals surface area contributed by atoms with E-state index >= 15 is 0 Å². The van der Waals surface area contributed by atoms with Crippen molar-refractivity contribution in [2.75, 3.05) is 11.9 Å². The third-order valence-electron chi connectivity index (χ3n) is 5.50. The number of nitrogens with zero attached hydrogens (tertiary/aromatic N) is 1. The van der Waals surface area contributed by atoms with Crippen molar-refractivity contribution in [2.45, 2.75) is 38.6 Å². The molecule has 1 aromatic heterocycles. The minimum absolute atomic E-state index is 0.0887. The molecule has 12 heteroatoms. The Morgan fingerprint density at radius 3 is 2.51 bits per heavy atom. The van der Waals surface area contributed by atoms with Gasteiger partial charge < -0.3 is 15.7 Å². The zero-order valence-electron chi connectivity index (χ0n) is 19.3. The lowest BCUT2D eigenvalue weighted by Crippen LogP contribution is -2.49. The predicted octanol–water partition coefficient (Wildman–Crippen LogP) is 1.42. The molecule has 1 aromatic carbocycles. The first-order chi connectivity index (χ1) is 16.5. The Hall–Kier alpha value is -3.77. The minimum atomic E-state index is -3.68. The highest BCUT2D eigenvalue weighted by Gasteiger charge is 2.29. The molecule has 0 spiro atoms. The van der Waals surface area contributed by atoms with Gasteiger partial charge in [0.15, 0.2) is 0 Å². The highest BCUT2D eigenvalue weighted by molar-refractivity contribution is 7.88. The third kappa shape index (κ3) is 7.36. The molecule has 0 saturated heterocycles. The summed E-state index contributed by atoms with van der Waals surface area (Å²) in [6.45, 7) is 3.54. The molecular formula is C23H27N5O6S. The Balaban J connectivity index is 1.63. The van der Waals surface area contributed by atoms with Gasteiger partial charge in [-0.15, -0.1) is 0 Å². The number of carboxylic acid groups (broad SMARTS) is 1. The Bertz CT molecular complexity index is 1260. The van der Waals surface area contributed by atoms with Crippen LogP contribution in [0.3, 0.4) is 0 Å². The fourth-order valence-corrected chi connectivity index (χ4v) is 5.03. The third-order valence-corrected chi connectivity index (χ3v) is 6.86. The maximum atomic E-state index is 12.6. The molecular weight excluding hydrogens is 474 g/mol. The summed E-state index contributed by atoms with van der Waals surface area (Å²) in [6.07, 6.45) is -1.45. The lowest BCUT2D eigenvalue weighted by Gasteiger charge is -2.27. The second-order valence-electron chi connectivity index (χ2n) is 8.11. The second kappa shape index (κ2) is 11.1. The van der Waals surface area contributed by atoms with Crippen molar-refractivity contribution in [3.05, 3.63) is 70.4 Å². The number of rotatable bonds is 9. The van der Waals surface area contributed by atoms with Crippen molar-refractivity contribution in [1.29, 1.82) is 0 Å². The zero-order chi connectivity index (χ0) is 25.6. The highest BCUT2D eigenvalue weighted by atomic mass is 32.2. The molecule has 1 unspecified atom stereocenters. The van der Waals surface area contributed by atoms with Crippen LogP contribution in [0.5, 0.6) is 0 Å². The Kier molecular flexibility index (Phi) is 8.20. The number of hydrogen-bond acceptors (Lipinski definition) is 6. The van der Waals surface area contributed by atoms with E-state index in [-0.39, 0.29) is 36.7 Å². The summed E-state index contributed by atoms with van der Waals surface area (Å²) in [5.41, 5.74) is 2.55. The van der Waals surface area contributed by atoms with E-state index in [9.17, 15) is 22.8 Å². The van der Waals surface area contributed by atoms with E-state index in [1.54, 1.807) is 50.2 Å². The van der Waals surface area contributed by atoms with Crippen LogP contribution in [-0.4, -0.2) is 49.0 Å². The van der Waals surface area contributed by atoms with Crippen LogP contribution >= 0.6 is 0 Å². The van der Waals surface area contributed by atoms with Crippen LogP contribution in [0.15, 0.2) is 53.6 Å². The van der Waals surface area contributed by atoms with E-state index < -0.39 is 34.0 Å². The minimum Gasteiger partial charge on any atom is -0.465 e. The van der Waals surface area contributed by atoms with Crippen molar-refractivity contribution in [3.63, 3.8) is 0 Å². The van der Waals surface area contributed by atoms with Crippen LogP contribution in [0.2, 0.25) is 0 Å². The van der Waals surface area contributed by atoms with Crippen LogP contribution in [0, 0.1) is 6.92 Å². The molecule has 2 aromatic rings. The molecule has 35 heavy (non-hydrogen) atoms. The second-order valence-corrected chi connectivity index (χ2v) is 9.87. The van der Waals surface area contributed by atoms with E-state index in [2.05, 4.69) is 25.7 Å². The van der Waals surface area contributed by atoms with Gasteiger partial charge in [0, 0.05) is 24.4 Å². The summed E-state index contributed by atoms with van der Waals surface area (Å²) in [7, 11) is -3.68. The summed E-state index contributed by atoms with van der Waals surface area (Å²) < 4.78 is 27.9. The number of benzene rings is 1. The van der Waals surface area contributed by atoms with Crippen molar-refractivity contribution < 1.29 is 27.9 Å². The van der Waals surface area contributed by atoms with Crippen molar-refractivity contribution in [3.8, 4) is 0 Å². The first kappa shape index (κ1) is 25.8. The van der Waals surface area contributed by atoms with Gasteiger partial charge in [0.2, 0.25) is 21.8 Å². The monoisotopic (exact) mass is 501 g/mol. The van der Waals surface area contributed by atoms with Crippen molar-refractivity contribution >= 4 is 33.7 Å². The number of aromatic nitrogens is 1. The van der Waals surface area contributed by atoms with Gasteiger partial charge in [-0.25, -0.2) is 22.9 Å². The van der Waals surface area contributed by atoms with E-state index in [1.807, 2.05) is 0 Å². The number of nitrogens with one attached hydrogen (secondary N) is 4. The number of amides is 3. The molecule has 0 fully saturated rings. The van der Waals surface area contributed by atoms with E-state index in [4.69, 9.17) is 5.11 Å². The normalized spacial score (nSPS) is 15.9. The fourth-order valence-electron chi connectivity index (χ4n) is 3.62. The molecule has 5 N–H and O–H groups in total. The number of aryl methyl sites for hydroxylation is 1. The standard InChI is InChI=1S/C23H27N5O6S/c1-14-18(10-21(29)24-11-17-8-9-20(26-15(17)2)27-23(31)32)22(30)25-12-19(14)28-35(33,34)13-16-6-4-3-5-7-16/h3-9,19,28H,10-13H2,1-2H3,(H,24,29)(H,25,30)(H,26,27)(H,31,32). The van der Waals surface area contributed by atoms with E-state index in [0.717, 1.165) is 0 Å². The molecule has 11 nitrogen and oxygen atoms in total. The van der Waals surface area contributed by atoms with Gasteiger partial charge in [-0.05, 0) is 36.6 Å². The Labute approximate surface area is 203 Å². The van der Waals surface area contributed by atoms with Gasteiger partial charge in [-0.3, -0.25) is 14.9 Å². The summed E-state index contributed by atoms with van der Waals surface area (Å²) in [5, 5.41) is 16.3. The number of carbonyl (C=O) groups excluding carboxylic acids is 2. The number of anilines is 1. The number of carbonyl (C=O) groups is 3. The molecule has 1 aliphatic heterocycles. The quantitative estimate of drug-likeness (QED) is 0.346. The van der Waals surface area contributed by atoms with Gasteiger partial charge in [-0.1, -0.05) is 36.4 Å². The molecule has 1 aliphatic rings. The van der Waals surface area contributed by atoms with Crippen LogP contribution in [0.25, 0.3) is 0 Å². The molecule has 1 atom stereocenters. The lowest BCUT2D eigenvalue weighted by molar-refractivity contribution is -0.123. The van der Waals surface area contributed by atoms with Gasteiger partial charge >= 0.3 is 6.09 Å². The largest absolute Gasteiger partial charge is 0.465 e. The smallest absolute Gasteiger partial charge is 0.410 e. The van der Waals surface area contributed by atoms with E-state index in [1.165, 1.54) is 6.07 Å². The molecule has 2 heterocycles. The molecule has 3 amide bonds. The zero-order valence-corrected chi connectivity index (χ0v) is 20.1. The Morgan fingerprint density at radius 2 is 1.86 bits per heavy atom. The maximum Gasteiger partial charge on any atom is 0.410 e. The van der Waals surface area contributed by atoms with Gasteiger partial charge in [0.25, 0.3) is 0 Å². The van der Waals surface area contributed by atoms with Crippen LogP contribution in [-0.2, 0) is 31.9 Å². The number of hydrogen-bond donors (Lipinski definition) is 5. The van der Waals surface area contributed by atoms with Gasteiger partial charge in [0.05, 0.1) is 18.2 Å². The van der Waals surface area contributed by atoms with Crippen LogP contribution < -0.4 is 20.7 Å². The average Bonchev–Trinajstić information content (AvgIpc) is 2.78. The fraction of sp³-hybridized carbons (Fsp3) is 0.304. The molecule has 0 radical (unpaired) electrons. The maximum absolute atomic E-state index is 12.6. The topological polar surface area (TPSA) is 167 Å². The predicted molar refractivity (Wildman–Crippen MR) is 129 cm³/mol. The van der Waals surface area contributed by atoms with Gasteiger partial charge in [0.1, 0.15) is 5.82 Å². The molecule has 3 rings (SSSR count). The molecule has 0 saturated carbocycles. The first-order valence-corrected chi connectivity index (χ1v) is 12.4. The lowest BCUT2D eigenvalue weighted by atomic mass is 9.95.